The maximum Gasteiger partial charge on any atom is 0.269 e. The van der Waals surface area contributed by atoms with Crippen LogP contribution in [0.1, 0.15) is 12.5 Å². The summed E-state index contributed by atoms with van der Waals surface area (Å²) in [6, 6.07) is 6.67. The normalized spacial score (nSPS) is 10.4. The largest absolute Gasteiger partial charge is 0.296 e. The number of non-ortho nitro benzene ring substituents is 1. The second kappa shape index (κ2) is 6.02. The molecule has 1 aromatic carbocycles. The topological polar surface area (TPSA) is 46.4 Å². The van der Waals surface area contributed by atoms with Crippen LogP contribution in [-0.2, 0) is 6.54 Å². The molecule has 0 aliphatic rings. The van der Waals surface area contributed by atoms with Crippen LogP contribution in [-0.4, -0.2) is 22.9 Å². The summed E-state index contributed by atoms with van der Waals surface area (Å²) in [5.74, 6) is 0. The molecule has 0 N–H and O–H groups in total. The molecule has 0 radical (unpaired) electrons. The van der Waals surface area contributed by atoms with Crippen molar-refractivity contribution >= 4 is 5.69 Å². The standard InChI is InChI=1S/C12H16N2O2/c1-3-9-13(4-2)10-11-5-7-12(8-6-11)14(15)16/h3,5-8H,1,4,9-10H2,2H3. The monoisotopic (exact) mass is 220 g/mol. The summed E-state index contributed by atoms with van der Waals surface area (Å²) < 4.78 is 0. The van der Waals surface area contributed by atoms with Gasteiger partial charge in [0.05, 0.1) is 4.92 Å². The summed E-state index contributed by atoms with van der Waals surface area (Å²) in [6.45, 7) is 8.33. The Morgan fingerprint density at radius 2 is 2.06 bits per heavy atom. The van der Waals surface area contributed by atoms with Crippen LogP contribution in [0.2, 0.25) is 0 Å². The van der Waals surface area contributed by atoms with E-state index in [4.69, 9.17) is 0 Å². The van der Waals surface area contributed by atoms with Gasteiger partial charge in [0, 0.05) is 25.2 Å². The van der Waals surface area contributed by atoms with E-state index < -0.39 is 0 Å². The molecule has 0 bridgehead atoms. The maximum absolute atomic E-state index is 10.5. The van der Waals surface area contributed by atoms with E-state index in [1.807, 2.05) is 6.08 Å². The fraction of sp³-hybridized carbons (Fsp3) is 0.333. The van der Waals surface area contributed by atoms with Gasteiger partial charge in [-0.05, 0) is 12.1 Å². The summed E-state index contributed by atoms with van der Waals surface area (Å²) in [5.41, 5.74) is 1.21. The third kappa shape index (κ3) is 3.47. The fourth-order valence-electron chi connectivity index (χ4n) is 1.47. The van der Waals surface area contributed by atoms with Crippen molar-refractivity contribution in [2.45, 2.75) is 13.5 Å². The van der Waals surface area contributed by atoms with E-state index in [1.165, 1.54) is 12.1 Å². The van der Waals surface area contributed by atoms with Crippen molar-refractivity contribution < 1.29 is 4.92 Å². The molecule has 0 fully saturated rings. The molecule has 0 unspecified atom stereocenters. The summed E-state index contributed by atoms with van der Waals surface area (Å²) in [4.78, 5) is 12.3. The average molecular weight is 220 g/mol. The Balaban J connectivity index is 2.66. The quantitative estimate of drug-likeness (QED) is 0.420. The fourth-order valence-corrected chi connectivity index (χ4v) is 1.47. The molecule has 1 aromatic rings. The number of nitrogens with zero attached hydrogens (tertiary/aromatic N) is 2. The van der Waals surface area contributed by atoms with Crippen molar-refractivity contribution in [3.05, 3.63) is 52.6 Å². The minimum Gasteiger partial charge on any atom is -0.296 e. The SMILES string of the molecule is C=CCN(CC)Cc1ccc([N+](=O)[O-])cc1. The Morgan fingerprint density at radius 3 is 2.50 bits per heavy atom. The second-order valence-electron chi connectivity index (χ2n) is 3.54. The van der Waals surface area contributed by atoms with Crippen LogP contribution in [0.15, 0.2) is 36.9 Å². The van der Waals surface area contributed by atoms with Crippen LogP contribution in [0, 0.1) is 10.1 Å². The molecule has 0 aliphatic carbocycles. The summed E-state index contributed by atoms with van der Waals surface area (Å²) in [7, 11) is 0. The molecular weight excluding hydrogens is 204 g/mol. The Bertz CT molecular complexity index is 360. The third-order valence-electron chi connectivity index (χ3n) is 2.39. The minimum atomic E-state index is -0.384. The van der Waals surface area contributed by atoms with Gasteiger partial charge in [0.2, 0.25) is 0 Å². The van der Waals surface area contributed by atoms with Gasteiger partial charge in [-0.1, -0.05) is 25.1 Å². The molecule has 0 heterocycles. The average Bonchev–Trinajstić information content (AvgIpc) is 2.29. The summed E-state index contributed by atoms with van der Waals surface area (Å²) in [5, 5.41) is 10.5. The molecule has 86 valence electrons. The van der Waals surface area contributed by atoms with Gasteiger partial charge in [0.25, 0.3) is 5.69 Å². The first-order chi connectivity index (χ1) is 7.67. The van der Waals surface area contributed by atoms with Crippen molar-refractivity contribution in [3.63, 3.8) is 0 Å². The van der Waals surface area contributed by atoms with Crippen LogP contribution < -0.4 is 0 Å². The van der Waals surface area contributed by atoms with Crippen LogP contribution in [0.25, 0.3) is 0 Å². The van der Waals surface area contributed by atoms with E-state index in [0.29, 0.717) is 0 Å². The second-order valence-corrected chi connectivity index (χ2v) is 3.54. The van der Waals surface area contributed by atoms with Crippen LogP contribution in [0.5, 0.6) is 0 Å². The van der Waals surface area contributed by atoms with Gasteiger partial charge >= 0.3 is 0 Å². The Hall–Kier alpha value is -1.68. The van der Waals surface area contributed by atoms with Crippen LogP contribution in [0.4, 0.5) is 5.69 Å². The number of rotatable bonds is 6. The number of hydrogen-bond donors (Lipinski definition) is 0. The highest BCUT2D eigenvalue weighted by molar-refractivity contribution is 5.32. The minimum absolute atomic E-state index is 0.135. The lowest BCUT2D eigenvalue weighted by molar-refractivity contribution is -0.384. The van der Waals surface area contributed by atoms with E-state index in [9.17, 15) is 10.1 Å². The molecule has 1 rings (SSSR count). The zero-order chi connectivity index (χ0) is 12.0. The number of likely N-dealkylation sites (N-methyl/N-ethyl adjacent to an activating group) is 1. The van der Waals surface area contributed by atoms with Gasteiger partial charge < -0.3 is 0 Å². The number of hydrogen-bond acceptors (Lipinski definition) is 3. The first kappa shape index (κ1) is 12.4. The number of nitro benzene ring substituents is 1. The van der Waals surface area contributed by atoms with E-state index in [0.717, 1.165) is 25.2 Å². The predicted octanol–water partition coefficient (Wildman–Crippen LogP) is 2.60. The molecule has 4 nitrogen and oxygen atoms in total. The molecule has 0 spiro atoms. The smallest absolute Gasteiger partial charge is 0.269 e. The Kier molecular flexibility index (Phi) is 4.66. The van der Waals surface area contributed by atoms with Gasteiger partial charge in [0.1, 0.15) is 0 Å². The third-order valence-corrected chi connectivity index (χ3v) is 2.39. The first-order valence-electron chi connectivity index (χ1n) is 5.24. The van der Waals surface area contributed by atoms with Gasteiger partial charge in [-0.25, -0.2) is 0 Å². The lowest BCUT2D eigenvalue weighted by atomic mass is 10.2. The van der Waals surface area contributed by atoms with Gasteiger partial charge in [-0.15, -0.1) is 6.58 Å². The number of benzene rings is 1. The lowest BCUT2D eigenvalue weighted by Crippen LogP contribution is -2.22. The molecule has 0 aliphatic heterocycles. The van der Waals surface area contributed by atoms with Crippen molar-refractivity contribution in [1.82, 2.24) is 4.90 Å². The zero-order valence-electron chi connectivity index (χ0n) is 9.43. The maximum atomic E-state index is 10.5. The first-order valence-corrected chi connectivity index (χ1v) is 5.24. The summed E-state index contributed by atoms with van der Waals surface area (Å²) >= 11 is 0. The Labute approximate surface area is 95.3 Å². The van der Waals surface area contributed by atoms with Crippen LogP contribution >= 0.6 is 0 Å². The van der Waals surface area contributed by atoms with E-state index in [1.54, 1.807) is 12.1 Å². The molecule has 0 amide bonds. The molecule has 0 atom stereocenters. The molecule has 0 aromatic heterocycles. The van der Waals surface area contributed by atoms with Crippen molar-refractivity contribution in [2.24, 2.45) is 0 Å². The molecular formula is C12H16N2O2. The lowest BCUT2D eigenvalue weighted by Gasteiger charge is -2.18. The van der Waals surface area contributed by atoms with Crippen molar-refractivity contribution in [2.75, 3.05) is 13.1 Å². The van der Waals surface area contributed by atoms with E-state index >= 15 is 0 Å². The Morgan fingerprint density at radius 1 is 1.44 bits per heavy atom. The van der Waals surface area contributed by atoms with Gasteiger partial charge in [0.15, 0.2) is 0 Å². The highest BCUT2D eigenvalue weighted by Crippen LogP contribution is 2.13. The molecule has 16 heavy (non-hydrogen) atoms. The van der Waals surface area contributed by atoms with E-state index in [-0.39, 0.29) is 10.6 Å². The van der Waals surface area contributed by atoms with Gasteiger partial charge in [-0.3, -0.25) is 15.0 Å². The number of nitro groups is 1. The molecule has 0 saturated heterocycles. The van der Waals surface area contributed by atoms with Crippen LogP contribution in [0.3, 0.4) is 0 Å². The highest BCUT2D eigenvalue weighted by Gasteiger charge is 2.05. The van der Waals surface area contributed by atoms with Crippen molar-refractivity contribution in [3.8, 4) is 0 Å². The predicted molar refractivity (Wildman–Crippen MR) is 64.2 cm³/mol. The summed E-state index contributed by atoms with van der Waals surface area (Å²) in [6.07, 6.45) is 1.86. The zero-order valence-corrected chi connectivity index (χ0v) is 9.43. The molecule has 4 heteroatoms. The van der Waals surface area contributed by atoms with Crippen molar-refractivity contribution in [1.29, 1.82) is 0 Å². The highest BCUT2D eigenvalue weighted by atomic mass is 16.6. The van der Waals surface area contributed by atoms with E-state index in [2.05, 4.69) is 18.4 Å². The van der Waals surface area contributed by atoms with Gasteiger partial charge in [-0.2, -0.15) is 0 Å². The molecule has 0 saturated carbocycles.